The molecule has 0 aliphatic heterocycles. The Bertz CT molecular complexity index is 4120. The van der Waals surface area contributed by atoms with Gasteiger partial charge in [-0.1, -0.05) is 116 Å². The van der Waals surface area contributed by atoms with Crippen LogP contribution in [0.5, 0.6) is 17.2 Å². The van der Waals surface area contributed by atoms with E-state index in [0.29, 0.717) is 24.5 Å². The van der Waals surface area contributed by atoms with Crippen LogP contribution in [0.1, 0.15) is 137 Å². The van der Waals surface area contributed by atoms with Crippen LogP contribution in [0.3, 0.4) is 0 Å². The highest BCUT2D eigenvalue weighted by Gasteiger charge is 2.57. The highest BCUT2D eigenvalue weighted by Crippen LogP contribution is 2.56. The van der Waals surface area contributed by atoms with E-state index >= 15 is 0 Å². The number of ether oxygens (including phenoxy) is 6. The van der Waals surface area contributed by atoms with Crippen LogP contribution in [-0.4, -0.2) is 60.3 Å². The zero-order valence-corrected chi connectivity index (χ0v) is 62.8. The molecule has 0 heterocycles. The highest BCUT2D eigenvalue weighted by atomic mass is 32.2. The molecule has 2 unspecified atom stereocenters. The molecule has 9 aromatic carbocycles. The molecule has 6 fully saturated rings. The first-order chi connectivity index (χ1) is 49.4. The van der Waals surface area contributed by atoms with E-state index in [0.717, 1.165) is 128 Å². The summed E-state index contributed by atoms with van der Waals surface area (Å²) in [7, 11) is -0.668. The van der Waals surface area contributed by atoms with Gasteiger partial charge in [0.2, 0.25) is 0 Å². The Kier molecular flexibility index (Phi) is 23.9. The van der Waals surface area contributed by atoms with Gasteiger partial charge >= 0.3 is 17.9 Å². The van der Waals surface area contributed by atoms with Gasteiger partial charge in [-0.25, -0.2) is 14.4 Å². The van der Waals surface area contributed by atoms with Crippen molar-refractivity contribution in [3.8, 4) is 17.2 Å². The lowest BCUT2D eigenvalue weighted by Crippen LogP contribution is -2.57. The fourth-order valence-electron chi connectivity index (χ4n) is 16.1. The van der Waals surface area contributed by atoms with Gasteiger partial charge in [-0.15, -0.1) is 0 Å². The van der Waals surface area contributed by atoms with Crippen molar-refractivity contribution in [1.29, 1.82) is 0 Å². The monoisotopic (exact) mass is 1420 g/mol. The average Bonchev–Trinajstić information content (AvgIpc) is 0.823. The van der Waals surface area contributed by atoms with Crippen molar-refractivity contribution < 1.29 is 47.6 Å². The lowest BCUT2D eigenvalue weighted by molar-refractivity contribution is -0.190. The summed E-state index contributed by atoms with van der Waals surface area (Å²) < 4.78 is 35.7. The summed E-state index contributed by atoms with van der Waals surface area (Å²) in [6.07, 6.45) is 13.4. The van der Waals surface area contributed by atoms with Crippen molar-refractivity contribution in [2.75, 3.05) is 19.8 Å². The molecule has 0 radical (unpaired) electrons. The van der Waals surface area contributed by atoms with Gasteiger partial charge < -0.3 is 28.4 Å². The summed E-state index contributed by atoms with van der Waals surface area (Å²) in [5.74, 6) is 2.49. The number of ketones is 1. The second-order valence-electron chi connectivity index (χ2n) is 28.6. The standard InChI is InChI=1S/C32H33O4S.C29H33O3S.C28H31O3S/c1-21-13-28(37(26-9-5-3-6-10-26)27-11-7-4-8-12-27)14-22(2)31(21)35-20-29(33)36-32-17-23-15-24(18-32)30(34)25(16-23)19-32;1-4-29(17-11-12-18-29)32-27(30)21-31-28-22(2)19-26(20-23(28)3)33(24-13-7-5-8-14-24)25-15-9-6-10-16-25;1-21-18-25(32(23-12-6-4-7-13-23)24-14-8-5-9-15-24)19-22(2)27(21)30-20-26(29)31-28(3)16-10-11-17-28/h3-14,23-25H,15-20H2,1-2H3;5-10,13-16,19-20H,4,11-12,17-18,21H2,1-3H3;4-9,12-15,18-19H,10-11,16-17,20H2,1-3H3/q3*+1. The SMILES string of the molecule is CCC1(OC(=O)COc2c(C)cc([S+](c3ccccc3)c3ccccc3)cc2C)CCCC1.Cc1cc([S+](c2ccccc2)c2ccccc2)cc(C)c1OCC(=O)OC1(C)CCCC1.Cc1cc([S+](c2ccccc2)c2ccccc2)cc(C)c1OCC(=O)OC12CC3CC(C1)C(=O)C(C3)C2. The molecule has 0 spiro atoms. The second kappa shape index (κ2) is 33.3. The zero-order chi connectivity index (χ0) is 71.4. The molecule has 2 atom stereocenters. The normalized spacial score (nSPS) is 18.9. The second-order valence-corrected chi connectivity index (χ2v) is 34.7. The van der Waals surface area contributed by atoms with E-state index in [2.05, 4.69) is 227 Å². The van der Waals surface area contributed by atoms with Gasteiger partial charge in [0, 0.05) is 48.2 Å². The predicted molar refractivity (Wildman–Crippen MR) is 407 cm³/mol. The smallest absolute Gasteiger partial charge is 0.344 e. The van der Waals surface area contributed by atoms with Gasteiger partial charge in [-0.3, -0.25) is 4.79 Å². The zero-order valence-electron chi connectivity index (χ0n) is 60.3. The van der Waals surface area contributed by atoms with Gasteiger partial charge in [0.25, 0.3) is 0 Å². The molecule has 102 heavy (non-hydrogen) atoms. The first kappa shape index (κ1) is 73.3. The number of carbonyl (C=O) groups is 4. The molecule has 10 nitrogen and oxygen atoms in total. The number of benzene rings is 9. The number of rotatable bonds is 22. The third kappa shape index (κ3) is 17.7. The van der Waals surface area contributed by atoms with E-state index in [4.69, 9.17) is 28.4 Å². The molecule has 6 aliphatic carbocycles. The number of hydrogen-bond acceptors (Lipinski definition) is 10. The molecule has 13 heteroatoms. The average molecular weight is 1420 g/mol. The van der Waals surface area contributed by atoms with Gasteiger partial charge in [-0.05, 0) is 250 Å². The van der Waals surface area contributed by atoms with Crippen LogP contribution in [0.25, 0.3) is 0 Å². The Balaban J connectivity index is 0.000000145. The first-order valence-corrected chi connectivity index (χ1v) is 40.0. The maximum atomic E-state index is 12.9. The molecule has 4 bridgehead atoms. The molecule has 0 aromatic heterocycles. The topological polar surface area (TPSA) is 124 Å². The number of carbonyl (C=O) groups excluding carboxylic acids is 4. The van der Waals surface area contributed by atoms with Gasteiger partial charge in [0.15, 0.2) is 63.9 Å². The summed E-state index contributed by atoms with van der Waals surface area (Å²) in [6, 6.07) is 76.7. The lowest BCUT2D eigenvalue weighted by atomic mass is 9.53. The van der Waals surface area contributed by atoms with Crippen LogP contribution >= 0.6 is 0 Å². The van der Waals surface area contributed by atoms with Crippen LogP contribution < -0.4 is 14.2 Å². The minimum atomic E-state index is -0.460. The number of Topliss-reactive ketones (excluding diaryl/α,β-unsaturated/α-hetero) is 1. The van der Waals surface area contributed by atoms with E-state index < -0.39 is 5.60 Å². The minimum Gasteiger partial charge on any atom is -0.481 e. The first-order valence-electron chi connectivity index (χ1n) is 36.3. The van der Waals surface area contributed by atoms with Crippen molar-refractivity contribution in [1.82, 2.24) is 0 Å². The summed E-state index contributed by atoms with van der Waals surface area (Å²) in [4.78, 5) is 61.7. The molecule has 6 aliphatic rings. The summed E-state index contributed by atoms with van der Waals surface area (Å²) in [6.45, 7) is 16.2. The lowest BCUT2D eigenvalue weighted by Gasteiger charge is -2.54. The highest BCUT2D eigenvalue weighted by molar-refractivity contribution is 7.97. The molecule has 0 amide bonds. The molecule has 6 saturated carbocycles. The fraction of sp³-hybridized carbons (Fsp3) is 0.348. The van der Waals surface area contributed by atoms with Crippen LogP contribution in [0.4, 0.5) is 0 Å². The summed E-state index contributed by atoms with van der Waals surface area (Å²) in [5.41, 5.74) is 5.08. The molecule has 15 rings (SSSR count). The number of hydrogen-bond donors (Lipinski definition) is 0. The quantitative estimate of drug-likeness (QED) is 0.0368. The summed E-state index contributed by atoms with van der Waals surface area (Å²) in [5, 5.41) is 0. The van der Waals surface area contributed by atoms with E-state index in [9.17, 15) is 19.2 Å². The van der Waals surface area contributed by atoms with E-state index in [1.165, 1.54) is 44.1 Å². The van der Waals surface area contributed by atoms with Gasteiger partial charge in [0.1, 0.15) is 39.8 Å². The van der Waals surface area contributed by atoms with Crippen molar-refractivity contribution in [2.45, 2.75) is 206 Å². The van der Waals surface area contributed by atoms with E-state index in [-0.39, 0.29) is 93.5 Å². The predicted octanol–water partition coefficient (Wildman–Crippen LogP) is 20.2. The Hall–Kier alpha value is -8.49. The van der Waals surface area contributed by atoms with Gasteiger partial charge in [0.05, 0.1) is 32.7 Å². The Labute approximate surface area is 612 Å². The van der Waals surface area contributed by atoms with Crippen molar-refractivity contribution in [2.24, 2.45) is 17.8 Å². The van der Waals surface area contributed by atoms with Crippen LogP contribution in [-0.2, 0) is 66.1 Å². The molecule has 9 aromatic rings. The number of esters is 3. The fourth-order valence-corrected chi connectivity index (χ4v) is 22.9. The third-order valence-corrected chi connectivity index (χ3v) is 27.2. The van der Waals surface area contributed by atoms with Crippen LogP contribution in [0.15, 0.2) is 262 Å². The molecular formula is C89H97O10S3+3. The maximum absolute atomic E-state index is 12.9. The van der Waals surface area contributed by atoms with Crippen LogP contribution in [0.2, 0.25) is 0 Å². The van der Waals surface area contributed by atoms with Crippen molar-refractivity contribution in [3.05, 3.63) is 252 Å². The van der Waals surface area contributed by atoms with E-state index in [1.54, 1.807) is 0 Å². The Morgan fingerprint density at radius 1 is 0.373 bits per heavy atom. The molecular weight excluding hydrogens is 1330 g/mol. The minimum absolute atomic E-state index is 0.0497. The Morgan fingerprint density at radius 3 is 0.941 bits per heavy atom. The van der Waals surface area contributed by atoms with Crippen molar-refractivity contribution in [3.63, 3.8) is 0 Å². The third-order valence-electron chi connectivity index (χ3n) is 20.7. The molecule has 0 N–H and O–H groups in total. The van der Waals surface area contributed by atoms with E-state index in [1.807, 2.05) is 46.8 Å². The molecule has 0 saturated heterocycles. The van der Waals surface area contributed by atoms with Crippen molar-refractivity contribution >= 4 is 56.4 Å². The summed E-state index contributed by atoms with van der Waals surface area (Å²) >= 11 is 0. The Morgan fingerprint density at radius 2 is 0.647 bits per heavy atom. The largest absolute Gasteiger partial charge is 0.481 e. The maximum Gasteiger partial charge on any atom is 0.344 e. The van der Waals surface area contributed by atoms with Crippen LogP contribution in [0, 0.1) is 59.3 Å². The number of aryl methyl sites for hydroxylation is 6. The molecule has 528 valence electrons. The van der Waals surface area contributed by atoms with Gasteiger partial charge in [-0.2, -0.15) is 0 Å².